The summed E-state index contributed by atoms with van der Waals surface area (Å²) in [5, 5.41) is 3.90. The molecular weight excluding hydrogens is 166 g/mol. The van der Waals surface area contributed by atoms with Gasteiger partial charge in [0.2, 0.25) is 5.89 Å². The molecule has 0 unspecified atom stereocenters. The van der Waals surface area contributed by atoms with Gasteiger partial charge in [-0.3, -0.25) is 0 Å². The Bertz CT molecular complexity index is 302. The first-order chi connectivity index (χ1) is 6.12. The van der Waals surface area contributed by atoms with Crippen LogP contribution in [0.4, 0.5) is 0 Å². The molecule has 1 aromatic rings. The molecule has 2 N–H and O–H groups in total. The van der Waals surface area contributed by atoms with E-state index in [9.17, 15) is 0 Å². The highest BCUT2D eigenvalue weighted by molar-refractivity contribution is 5.07. The smallest absolute Gasteiger partial charge is 0.246 e. The molecule has 4 nitrogen and oxygen atoms in total. The zero-order valence-electron chi connectivity index (χ0n) is 8.08. The lowest BCUT2D eigenvalue weighted by atomic mass is 9.78. The Balaban J connectivity index is 2.22. The third-order valence-electron chi connectivity index (χ3n) is 2.63. The average Bonchev–Trinajstić information content (AvgIpc) is 2.48. The number of hydrogen-bond acceptors (Lipinski definition) is 4. The summed E-state index contributed by atoms with van der Waals surface area (Å²) in [6, 6.07) is 0. The second-order valence-corrected chi connectivity index (χ2v) is 4.12. The molecule has 1 aliphatic rings. The molecule has 0 saturated heterocycles. The summed E-state index contributed by atoms with van der Waals surface area (Å²) in [6.45, 7) is 4.08. The summed E-state index contributed by atoms with van der Waals surface area (Å²) in [5.74, 6) is 1.68. The Kier molecular flexibility index (Phi) is 1.87. The quantitative estimate of drug-likeness (QED) is 0.751. The molecule has 0 amide bonds. The van der Waals surface area contributed by atoms with E-state index < -0.39 is 0 Å². The SMILES string of the molecule is CC(C)c1noc(C2(N)CCC2)n1. The predicted molar refractivity (Wildman–Crippen MR) is 48.1 cm³/mol. The first-order valence-corrected chi connectivity index (χ1v) is 4.75. The van der Waals surface area contributed by atoms with E-state index in [1.54, 1.807) is 0 Å². The van der Waals surface area contributed by atoms with Gasteiger partial charge in [0, 0.05) is 5.92 Å². The zero-order chi connectivity index (χ0) is 9.47. The van der Waals surface area contributed by atoms with Gasteiger partial charge in [0.15, 0.2) is 5.82 Å². The molecule has 72 valence electrons. The molecular formula is C9H15N3O. The third kappa shape index (κ3) is 1.35. The van der Waals surface area contributed by atoms with E-state index in [-0.39, 0.29) is 5.54 Å². The second-order valence-electron chi connectivity index (χ2n) is 4.12. The first-order valence-electron chi connectivity index (χ1n) is 4.75. The maximum absolute atomic E-state index is 6.04. The Morgan fingerprint density at radius 2 is 2.15 bits per heavy atom. The Labute approximate surface area is 77.5 Å². The van der Waals surface area contributed by atoms with Gasteiger partial charge in [-0.2, -0.15) is 4.98 Å². The van der Waals surface area contributed by atoms with Gasteiger partial charge in [0.25, 0.3) is 0 Å². The molecule has 0 aliphatic heterocycles. The van der Waals surface area contributed by atoms with Gasteiger partial charge in [-0.1, -0.05) is 19.0 Å². The van der Waals surface area contributed by atoms with Gasteiger partial charge in [0.1, 0.15) is 0 Å². The number of rotatable bonds is 2. The summed E-state index contributed by atoms with van der Waals surface area (Å²) in [6.07, 6.45) is 3.09. The molecule has 0 spiro atoms. The third-order valence-corrected chi connectivity index (χ3v) is 2.63. The van der Waals surface area contributed by atoms with Crippen LogP contribution in [0.2, 0.25) is 0 Å². The summed E-state index contributed by atoms with van der Waals surface area (Å²) in [4.78, 5) is 4.30. The van der Waals surface area contributed by atoms with Crippen LogP contribution in [0.1, 0.15) is 50.7 Å². The second kappa shape index (κ2) is 2.80. The monoisotopic (exact) mass is 181 g/mol. The largest absolute Gasteiger partial charge is 0.337 e. The van der Waals surface area contributed by atoms with Crippen LogP contribution >= 0.6 is 0 Å². The van der Waals surface area contributed by atoms with Gasteiger partial charge in [-0.05, 0) is 19.3 Å². The molecule has 1 aliphatic carbocycles. The standard InChI is InChI=1S/C9H15N3O/c1-6(2)7-11-8(13-12-7)9(10)4-3-5-9/h6H,3-5,10H2,1-2H3. The zero-order valence-corrected chi connectivity index (χ0v) is 8.08. The van der Waals surface area contributed by atoms with Crippen LogP contribution in [0.15, 0.2) is 4.52 Å². The minimum atomic E-state index is -0.319. The minimum absolute atomic E-state index is 0.307. The molecule has 2 rings (SSSR count). The van der Waals surface area contributed by atoms with Crippen molar-refractivity contribution in [1.29, 1.82) is 0 Å². The van der Waals surface area contributed by atoms with E-state index >= 15 is 0 Å². The number of hydrogen-bond donors (Lipinski definition) is 1. The fourth-order valence-electron chi connectivity index (χ4n) is 1.44. The number of nitrogens with two attached hydrogens (primary N) is 1. The molecule has 4 heteroatoms. The van der Waals surface area contributed by atoms with Crippen LogP contribution in [0.3, 0.4) is 0 Å². The van der Waals surface area contributed by atoms with Gasteiger partial charge in [-0.15, -0.1) is 0 Å². The maximum Gasteiger partial charge on any atom is 0.246 e. The van der Waals surface area contributed by atoms with E-state index in [1.807, 2.05) is 13.8 Å². The van der Waals surface area contributed by atoms with Gasteiger partial charge < -0.3 is 10.3 Å². The highest BCUT2D eigenvalue weighted by Gasteiger charge is 2.39. The van der Waals surface area contributed by atoms with Gasteiger partial charge in [0.05, 0.1) is 5.54 Å². The molecule has 0 bridgehead atoms. The van der Waals surface area contributed by atoms with Crippen molar-refractivity contribution in [1.82, 2.24) is 10.1 Å². The van der Waals surface area contributed by atoms with Crippen LogP contribution < -0.4 is 5.73 Å². The van der Waals surface area contributed by atoms with Crippen LogP contribution in [0.5, 0.6) is 0 Å². The van der Waals surface area contributed by atoms with Crippen molar-refractivity contribution in [3.8, 4) is 0 Å². The average molecular weight is 181 g/mol. The van der Waals surface area contributed by atoms with Crippen molar-refractivity contribution >= 4 is 0 Å². The highest BCUT2D eigenvalue weighted by Crippen LogP contribution is 2.37. The Morgan fingerprint density at radius 3 is 2.54 bits per heavy atom. The minimum Gasteiger partial charge on any atom is -0.337 e. The van der Waals surface area contributed by atoms with Crippen LogP contribution in [0, 0.1) is 0 Å². The number of nitrogens with zero attached hydrogens (tertiary/aromatic N) is 2. The number of aromatic nitrogens is 2. The lowest BCUT2D eigenvalue weighted by molar-refractivity contribution is 0.181. The fraction of sp³-hybridized carbons (Fsp3) is 0.778. The van der Waals surface area contributed by atoms with Crippen LogP contribution in [-0.4, -0.2) is 10.1 Å². The molecule has 0 atom stereocenters. The van der Waals surface area contributed by atoms with E-state index in [4.69, 9.17) is 10.3 Å². The van der Waals surface area contributed by atoms with Gasteiger partial charge >= 0.3 is 0 Å². The molecule has 1 fully saturated rings. The predicted octanol–water partition coefficient (Wildman–Crippen LogP) is 1.53. The first kappa shape index (κ1) is 8.69. The molecule has 1 saturated carbocycles. The van der Waals surface area contributed by atoms with E-state index in [2.05, 4.69) is 10.1 Å². The van der Waals surface area contributed by atoms with Crippen molar-refractivity contribution in [2.75, 3.05) is 0 Å². The van der Waals surface area contributed by atoms with E-state index in [0.29, 0.717) is 11.8 Å². The molecule has 0 radical (unpaired) electrons. The van der Waals surface area contributed by atoms with Crippen LogP contribution in [-0.2, 0) is 5.54 Å². The molecule has 13 heavy (non-hydrogen) atoms. The van der Waals surface area contributed by atoms with Crippen molar-refractivity contribution in [2.24, 2.45) is 5.73 Å². The summed E-state index contributed by atoms with van der Waals surface area (Å²) < 4.78 is 5.15. The topological polar surface area (TPSA) is 64.9 Å². The summed E-state index contributed by atoms with van der Waals surface area (Å²) >= 11 is 0. The molecule has 1 aromatic heterocycles. The van der Waals surface area contributed by atoms with Crippen molar-refractivity contribution in [3.63, 3.8) is 0 Å². The van der Waals surface area contributed by atoms with Crippen molar-refractivity contribution < 1.29 is 4.52 Å². The van der Waals surface area contributed by atoms with E-state index in [1.165, 1.54) is 0 Å². The normalized spacial score (nSPS) is 20.3. The maximum atomic E-state index is 6.04. The van der Waals surface area contributed by atoms with Gasteiger partial charge in [-0.25, -0.2) is 0 Å². The lowest BCUT2D eigenvalue weighted by Gasteiger charge is -2.33. The fourth-order valence-corrected chi connectivity index (χ4v) is 1.44. The molecule has 0 aromatic carbocycles. The summed E-state index contributed by atoms with van der Waals surface area (Å²) in [5.41, 5.74) is 5.72. The Morgan fingerprint density at radius 1 is 1.46 bits per heavy atom. The van der Waals surface area contributed by atoms with Crippen LogP contribution in [0.25, 0.3) is 0 Å². The Hall–Kier alpha value is -0.900. The van der Waals surface area contributed by atoms with Crippen molar-refractivity contribution in [2.45, 2.75) is 44.6 Å². The molecule has 1 heterocycles. The van der Waals surface area contributed by atoms with Crippen molar-refractivity contribution in [3.05, 3.63) is 11.7 Å². The lowest BCUT2D eigenvalue weighted by Crippen LogP contribution is -2.43. The summed E-state index contributed by atoms with van der Waals surface area (Å²) in [7, 11) is 0. The van der Waals surface area contributed by atoms with E-state index in [0.717, 1.165) is 25.1 Å². The highest BCUT2D eigenvalue weighted by atomic mass is 16.5.